The summed E-state index contributed by atoms with van der Waals surface area (Å²) in [6.45, 7) is 0. The zero-order chi connectivity index (χ0) is 12.5. The van der Waals surface area contributed by atoms with Crippen LogP contribution < -0.4 is 5.73 Å². The first-order chi connectivity index (χ1) is 8.74. The van der Waals surface area contributed by atoms with Gasteiger partial charge in [-0.25, -0.2) is 0 Å². The molecule has 1 heterocycles. The van der Waals surface area contributed by atoms with Crippen LogP contribution in [0.4, 0.5) is 5.69 Å². The van der Waals surface area contributed by atoms with Crippen LogP contribution in [0.1, 0.15) is 21.5 Å². The van der Waals surface area contributed by atoms with Crippen molar-refractivity contribution in [3.05, 3.63) is 65.0 Å². The lowest BCUT2D eigenvalue weighted by molar-refractivity contribution is 0.104. The Bertz CT molecular complexity index is 645. The third-order valence-electron chi connectivity index (χ3n) is 3.07. The first-order valence-electron chi connectivity index (χ1n) is 5.78. The van der Waals surface area contributed by atoms with Gasteiger partial charge in [-0.05, 0) is 41.5 Å². The molecule has 3 heteroatoms. The van der Waals surface area contributed by atoms with Crippen molar-refractivity contribution in [2.45, 2.75) is 6.42 Å². The predicted molar refractivity (Wildman–Crippen MR) is 71.1 cm³/mol. The summed E-state index contributed by atoms with van der Waals surface area (Å²) >= 11 is 0. The quantitative estimate of drug-likeness (QED) is 0.611. The number of fused-ring (bicyclic) bond motifs is 1. The Morgan fingerprint density at radius 2 is 2.17 bits per heavy atom. The molecule has 0 radical (unpaired) electrons. The van der Waals surface area contributed by atoms with E-state index >= 15 is 0 Å². The molecular formula is C15H12N2O. The van der Waals surface area contributed by atoms with Gasteiger partial charge in [0.15, 0.2) is 5.78 Å². The van der Waals surface area contributed by atoms with Gasteiger partial charge in [-0.3, -0.25) is 9.78 Å². The van der Waals surface area contributed by atoms with Crippen molar-refractivity contribution < 1.29 is 4.79 Å². The molecule has 1 aromatic carbocycles. The highest BCUT2D eigenvalue weighted by atomic mass is 16.1. The monoisotopic (exact) mass is 236 g/mol. The molecule has 2 N–H and O–H groups in total. The molecule has 3 nitrogen and oxygen atoms in total. The number of carbonyl (C=O) groups is 1. The van der Waals surface area contributed by atoms with Gasteiger partial charge >= 0.3 is 0 Å². The number of aromatic nitrogens is 1. The Kier molecular flexibility index (Phi) is 2.45. The number of hydrogen-bond acceptors (Lipinski definition) is 3. The van der Waals surface area contributed by atoms with E-state index in [1.807, 2.05) is 24.3 Å². The van der Waals surface area contributed by atoms with Gasteiger partial charge in [0.05, 0.1) is 0 Å². The molecule has 88 valence electrons. The van der Waals surface area contributed by atoms with E-state index in [0.717, 1.165) is 22.3 Å². The van der Waals surface area contributed by atoms with Gasteiger partial charge in [-0.2, -0.15) is 0 Å². The highest BCUT2D eigenvalue weighted by Gasteiger charge is 2.24. The van der Waals surface area contributed by atoms with E-state index in [2.05, 4.69) is 4.98 Å². The van der Waals surface area contributed by atoms with Crippen molar-refractivity contribution in [1.29, 1.82) is 0 Å². The molecule has 0 aliphatic heterocycles. The number of carbonyl (C=O) groups excluding carboxylic acids is 1. The first-order valence-corrected chi connectivity index (χ1v) is 5.78. The van der Waals surface area contributed by atoms with E-state index in [0.29, 0.717) is 12.1 Å². The van der Waals surface area contributed by atoms with Gasteiger partial charge in [0, 0.05) is 35.6 Å². The highest BCUT2D eigenvalue weighted by Crippen LogP contribution is 2.29. The third-order valence-corrected chi connectivity index (χ3v) is 3.07. The SMILES string of the molecule is Nc1ccc2c(c1)C/C(=C\c1cccnc1)C2=O. The average molecular weight is 236 g/mol. The minimum absolute atomic E-state index is 0.0915. The molecule has 0 spiro atoms. The topological polar surface area (TPSA) is 56.0 Å². The van der Waals surface area contributed by atoms with Crippen LogP contribution in [0.5, 0.6) is 0 Å². The molecule has 0 fully saturated rings. The normalized spacial score (nSPS) is 16.0. The summed E-state index contributed by atoms with van der Waals surface area (Å²) in [4.78, 5) is 16.2. The molecule has 3 rings (SSSR count). The summed E-state index contributed by atoms with van der Waals surface area (Å²) < 4.78 is 0. The summed E-state index contributed by atoms with van der Waals surface area (Å²) in [5, 5.41) is 0. The molecule has 0 amide bonds. The first kappa shape index (κ1) is 10.7. The van der Waals surface area contributed by atoms with Gasteiger partial charge in [0.2, 0.25) is 0 Å². The zero-order valence-corrected chi connectivity index (χ0v) is 9.76. The summed E-state index contributed by atoms with van der Waals surface area (Å²) in [7, 11) is 0. The molecule has 1 aliphatic carbocycles. The van der Waals surface area contributed by atoms with Crippen molar-refractivity contribution in [1.82, 2.24) is 4.98 Å². The van der Waals surface area contributed by atoms with E-state index in [1.54, 1.807) is 24.5 Å². The molecule has 1 aliphatic rings. The standard InChI is InChI=1S/C15H12N2O/c16-13-3-4-14-11(8-13)7-12(15(14)18)6-10-2-1-5-17-9-10/h1-6,8-9H,7,16H2/b12-6+. The van der Waals surface area contributed by atoms with Gasteiger partial charge < -0.3 is 5.73 Å². The minimum atomic E-state index is 0.0915. The second-order valence-electron chi connectivity index (χ2n) is 4.38. The lowest BCUT2D eigenvalue weighted by Gasteiger charge is -1.96. The number of hydrogen-bond donors (Lipinski definition) is 1. The van der Waals surface area contributed by atoms with Crippen LogP contribution in [-0.4, -0.2) is 10.8 Å². The molecule has 0 bridgehead atoms. The number of rotatable bonds is 1. The summed E-state index contributed by atoms with van der Waals surface area (Å²) in [5.41, 5.74) is 9.95. The van der Waals surface area contributed by atoms with Gasteiger partial charge in [-0.15, -0.1) is 0 Å². The van der Waals surface area contributed by atoms with E-state index < -0.39 is 0 Å². The van der Waals surface area contributed by atoms with Crippen molar-refractivity contribution in [3.63, 3.8) is 0 Å². The van der Waals surface area contributed by atoms with E-state index in [4.69, 9.17) is 5.73 Å². The Morgan fingerprint density at radius 3 is 2.94 bits per heavy atom. The maximum absolute atomic E-state index is 12.2. The summed E-state index contributed by atoms with van der Waals surface area (Å²) in [5.74, 6) is 0.0915. The summed E-state index contributed by atoms with van der Waals surface area (Å²) in [6, 6.07) is 9.24. The van der Waals surface area contributed by atoms with E-state index in [9.17, 15) is 4.79 Å². The molecule has 0 unspecified atom stereocenters. The molecule has 2 aromatic rings. The molecular weight excluding hydrogens is 224 g/mol. The fraction of sp³-hybridized carbons (Fsp3) is 0.0667. The lowest BCUT2D eigenvalue weighted by Crippen LogP contribution is -1.95. The van der Waals surface area contributed by atoms with Crippen molar-refractivity contribution >= 4 is 17.5 Å². The number of pyridine rings is 1. The number of nitrogens with two attached hydrogens (primary N) is 1. The van der Waals surface area contributed by atoms with Crippen molar-refractivity contribution in [2.24, 2.45) is 0 Å². The van der Waals surface area contributed by atoms with Gasteiger partial charge in [-0.1, -0.05) is 6.07 Å². The van der Waals surface area contributed by atoms with Gasteiger partial charge in [0.25, 0.3) is 0 Å². The molecule has 18 heavy (non-hydrogen) atoms. The zero-order valence-electron chi connectivity index (χ0n) is 9.76. The number of ketones is 1. The van der Waals surface area contributed by atoms with Crippen LogP contribution in [0.3, 0.4) is 0 Å². The van der Waals surface area contributed by atoms with Gasteiger partial charge in [0.1, 0.15) is 0 Å². The smallest absolute Gasteiger partial charge is 0.189 e. The van der Waals surface area contributed by atoms with Crippen LogP contribution in [0, 0.1) is 0 Å². The second kappa shape index (κ2) is 4.11. The molecule has 0 atom stereocenters. The Morgan fingerprint density at radius 1 is 1.28 bits per heavy atom. The van der Waals surface area contributed by atoms with Crippen molar-refractivity contribution in [2.75, 3.05) is 5.73 Å². The molecule has 0 saturated carbocycles. The van der Waals surface area contributed by atoms with Crippen LogP contribution in [0.15, 0.2) is 48.3 Å². The van der Waals surface area contributed by atoms with Crippen molar-refractivity contribution in [3.8, 4) is 0 Å². The Hall–Kier alpha value is -2.42. The molecule has 1 aromatic heterocycles. The molecule has 0 saturated heterocycles. The van der Waals surface area contributed by atoms with Crippen LogP contribution in [0.2, 0.25) is 0 Å². The minimum Gasteiger partial charge on any atom is -0.399 e. The number of nitrogen functional groups attached to an aromatic ring is 1. The Balaban J connectivity index is 2.00. The number of nitrogens with zero attached hydrogens (tertiary/aromatic N) is 1. The van der Waals surface area contributed by atoms with E-state index in [-0.39, 0.29) is 5.78 Å². The van der Waals surface area contributed by atoms with Crippen LogP contribution in [-0.2, 0) is 6.42 Å². The van der Waals surface area contributed by atoms with Crippen LogP contribution >= 0.6 is 0 Å². The Labute approximate surface area is 105 Å². The fourth-order valence-corrected chi connectivity index (χ4v) is 2.22. The maximum Gasteiger partial charge on any atom is 0.189 e. The number of benzene rings is 1. The summed E-state index contributed by atoms with van der Waals surface area (Å²) in [6.07, 6.45) is 6.01. The lowest BCUT2D eigenvalue weighted by atomic mass is 10.1. The van der Waals surface area contributed by atoms with Crippen LogP contribution in [0.25, 0.3) is 6.08 Å². The maximum atomic E-state index is 12.2. The average Bonchev–Trinajstić information content (AvgIpc) is 2.67. The second-order valence-corrected chi connectivity index (χ2v) is 4.38. The largest absolute Gasteiger partial charge is 0.399 e. The fourth-order valence-electron chi connectivity index (χ4n) is 2.22. The third kappa shape index (κ3) is 1.80. The number of allylic oxidation sites excluding steroid dienone is 1. The number of anilines is 1. The predicted octanol–water partition coefficient (Wildman–Crippen LogP) is 2.49. The number of Topliss-reactive ketones (excluding diaryl/α,β-unsaturated/α-hetero) is 1. The van der Waals surface area contributed by atoms with E-state index in [1.165, 1.54) is 0 Å². The highest BCUT2D eigenvalue weighted by molar-refractivity contribution is 6.15.